The minimum absolute atomic E-state index is 0.130. The van der Waals surface area contributed by atoms with Crippen LogP contribution in [0.5, 0.6) is 0 Å². The Hall–Kier alpha value is -4.42. The van der Waals surface area contributed by atoms with Gasteiger partial charge in [0.2, 0.25) is 11.8 Å². The lowest BCUT2D eigenvalue weighted by Crippen LogP contribution is -2.43. The van der Waals surface area contributed by atoms with Gasteiger partial charge in [-0.1, -0.05) is 220 Å². The Morgan fingerprint density at radius 1 is 0.380 bits per heavy atom. The predicted octanol–water partition coefficient (Wildman–Crippen LogP) is 17.4. The molecule has 8 N–H and O–H groups in total. The molecule has 0 radical (unpaired) electrons. The summed E-state index contributed by atoms with van der Waals surface area (Å²) in [6.07, 6.45) is 43.6. The van der Waals surface area contributed by atoms with Crippen LogP contribution in [0.25, 0.3) is 0 Å². The minimum atomic E-state index is -4.78. The summed E-state index contributed by atoms with van der Waals surface area (Å²) in [6.45, 7) is 10.6. The maximum absolute atomic E-state index is 13.7. The smallest absolute Gasteiger partial charge is 0.462 e. The van der Waals surface area contributed by atoms with Crippen molar-refractivity contribution in [1.29, 1.82) is 0 Å². The van der Waals surface area contributed by atoms with Crippen LogP contribution >= 0.6 is 15.6 Å². The van der Waals surface area contributed by atoms with Gasteiger partial charge in [0, 0.05) is 50.3 Å². The van der Waals surface area contributed by atoms with E-state index in [9.17, 15) is 57.9 Å². The van der Waals surface area contributed by atoms with Crippen LogP contribution in [0, 0.1) is 0 Å². The molecule has 1 rings (SSSR count). The third-order valence-electron chi connectivity index (χ3n) is 18.4. The first kappa shape index (κ1) is 102. The highest BCUT2D eigenvalue weighted by Crippen LogP contribution is 2.44. The Morgan fingerprint density at radius 2 is 0.685 bits per heavy atom. The van der Waals surface area contributed by atoms with E-state index in [1.54, 1.807) is 0 Å². The zero-order valence-corrected chi connectivity index (χ0v) is 69.3. The number of esters is 2. The van der Waals surface area contributed by atoms with Crippen molar-refractivity contribution in [3.63, 3.8) is 0 Å². The Morgan fingerprint density at radius 3 is 1.02 bits per heavy atom. The van der Waals surface area contributed by atoms with Crippen LogP contribution in [-0.4, -0.2) is 158 Å². The van der Waals surface area contributed by atoms with Crippen molar-refractivity contribution >= 4 is 51.2 Å². The Kier molecular flexibility index (Phi) is 65.2. The number of aliphatic hydroxyl groups is 2. The highest BCUT2D eigenvalue weighted by molar-refractivity contribution is 7.47. The molecule has 0 saturated heterocycles. The Labute approximate surface area is 650 Å². The molecule has 26 heteroatoms. The molecular formula is C82H148N4O20P2. The molecule has 0 aromatic heterocycles. The van der Waals surface area contributed by atoms with Gasteiger partial charge < -0.3 is 60.2 Å². The molecule has 1 aromatic rings. The zero-order chi connectivity index (χ0) is 79.4. The SMILES string of the molecule is CCCCCC/C=C/CCCC(=O)O[C@H](CCCCCCC)CC(=O)NC(COCC[C@H](O)CCCCCCC)COP(=O)(O)OCCNC(=O)c1ccc(C(=O)NCCOP(=O)(O)OCC(COCC[C@H](O)CCCCCCC)NC(=O)C[C@@H](CCCCCCC)OC(=O)CCC/C=C/CCCCCC)cc1. The fourth-order valence-electron chi connectivity index (χ4n) is 11.9. The van der Waals surface area contributed by atoms with E-state index in [2.05, 4.69) is 87.1 Å². The molecule has 108 heavy (non-hydrogen) atoms. The molecule has 0 saturated carbocycles. The van der Waals surface area contributed by atoms with E-state index < -0.39 is 102 Å². The largest absolute Gasteiger partial charge is 0.472 e. The molecule has 24 nitrogen and oxygen atoms in total. The molecule has 0 aliphatic carbocycles. The Bertz CT molecular complexity index is 2410. The lowest BCUT2D eigenvalue weighted by atomic mass is 10.1. The lowest BCUT2D eigenvalue weighted by molar-refractivity contribution is -0.152. The molecule has 0 aliphatic rings. The molecule has 626 valence electrons. The van der Waals surface area contributed by atoms with Crippen molar-refractivity contribution in [3.8, 4) is 0 Å². The highest BCUT2D eigenvalue weighted by atomic mass is 31.2. The van der Waals surface area contributed by atoms with Gasteiger partial charge in [-0.2, -0.15) is 0 Å². The van der Waals surface area contributed by atoms with Crippen molar-refractivity contribution < 1.29 is 94.9 Å². The number of amides is 4. The number of rotatable bonds is 76. The number of carbonyl (C=O) groups excluding carboxylic acids is 6. The van der Waals surface area contributed by atoms with Crippen molar-refractivity contribution in [2.75, 3.05) is 65.9 Å². The first-order valence-electron chi connectivity index (χ1n) is 41.9. The van der Waals surface area contributed by atoms with Crippen molar-refractivity contribution in [1.82, 2.24) is 21.3 Å². The number of phosphoric ester groups is 2. The quantitative estimate of drug-likeness (QED) is 0.0130. The second-order valence-corrected chi connectivity index (χ2v) is 31.6. The third-order valence-corrected chi connectivity index (χ3v) is 20.3. The van der Waals surface area contributed by atoms with E-state index >= 15 is 0 Å². The van der Waals surface area contributed by atoms with Crippen LogP contribution in [-0.2, 0) is 65.4 Å². The first-order valence-corrected chi connectivity index (χ1v) is 44.9. The topological polar surface area (TPSA) is 339 Å². The van der Waals surface area contributed by atoms with Gasteiger partial charge in [0.05, 0.1) is 76.8 Å². The number of phosphoric acid groups is 2. The van der Waals surface area contributed by atoms with Crippen LogP contribution in [0.4, 0.5) is 0 Å². The van der Waals surface area contributed by atoms with Gasteiger partial charge in [-0.3, -0.25) is 46.9 Å². The molecule has 0 aliphatic heterocycles. The number of allylic oxidation sites excluding steroid dienone is 4. The van der Waals surface area contributed by atoms with E-state index in [0.29, 0.717) is 51.4 Å². The average molecular weight is 1570 g/mol. The van der Waals surface area contributed by atoms with Crippen molar-refractivity contribution in [2.24, 2.45) is 0 Å². The summed E-state index contributed by atoms with van der Waals surface area (Å²) in [6, 6.07) is 3.65. The van der Waals surface area contributed by atoms with Gasteiger partial charge >= 0.3 is 27.6 Å². The molecular weight excluding hydrogens is 1420 g/mol. The van der Waals surface area contributed by atoms with E-state index in [0.717, 1.165) is 167 Å². The summed E-state index contributed by atoms with van der Waals surface area (Å²) in [5, 5.41) is 32.0. The molecule has 0 fully saturated rings. The van der Waals surface area contributed by atoms with Gasteiger partial charge in [-0.15, -0.1) is 0 Å². The molecule has 1 aromatic carbocycles. The maximum Gasteiger partial charge on any atom is 0.472 e. The normalized spacial score (nSPS) is 14.5. The van der Waals surface area contributed by atoms with Crippen molar-refractivity contribution in [3.05, 3.63) is 59.7 Å². The third kappa shape index (κ3) is 61.2. The number of benzene rings is 1. The molecule has 4 amide bonds. The number of nitrogens with one attached hydrogen (secondary N) is 4. The van der Waals surface area contributed by atoms with Gasteiger partial charge in [0.25, 0.3) is 11.8 Å². The molecule has 4 unspecified atom stereocenters. The van der Waals surface area contributed by atoms with E-state index in [1.807, 2.05) is 0 Å². The monoisotopic (exact) mass is 1570 g/mol. The summed E-state index contributed by atoms with van der Waals surface area (Å²) in [5.74, 6) is -2.88. The van der Waals surface area contributed by atoms with E-state index in [4.69, 9.17) is 37.0 Å². The molecule has 0 bridgehead atoms. The number of hydrogen-bond acceptors (Lipinski definition) is 18. The maximum atomic E-state index is 13.7. The lowest BCUT2D eigenvalue weighted by Gasteiger charge is -2.23. The second kappa shape index (κ2) is 69.3. The van der Waals surface area contributed by atoms with Crippen LogP contribution in [0.3, 0.4) is 0 Å². The zero-order valence-electron chi connectivity index (χ0n) is 67.5. The van der Waals surface area contributed by atoms with Crippen LogP contribution in [0.15, 0.2) is 48.6 Å². The standard InChI is InChI=1S/C82H148N4O20P2/c1-7-13-19-25-27-29-31-37-43-49-79(91)105-75(47-41-35-23-17-11-5)63-77(89)85-71(65-99-59-55-73(87)45-39-33-21-15-9-3)67-103-107(95,96)101-61-57-83-81(93)69-51-53-70(54-52-69)82(94)84-58-62-102-108(97,98)104-68-72(66-100-60-56-74(88)46-40-34-22-16-10-4)86-78(90)64-76(48-42-36-24-18-12-6)106-80(92)50-44-38-32-30-28-26-20-14-8-2/h29-32,51-54,71-76,87-88H,7-28,33-50,55-68H2,1-6H3,(H,83,93)(H,84,94)(H,85,89)(H,86,90)(H,95,96)(H,97,98)/b31-29+,32-30+/t71?,72?,73-,74-,75-,76-/m1/s1. The molecule has 8 atom stereocenters. The van der Waals surface area contributed by atoms with Crippen LogP contribution in [0.1, 0.15) is 345 Å². The number of aliphatic hydroxyl groups excluding tert-OH is 2. The van der Waals surface area contributed by atoms with Gasteiger partial charge in [-0.25, -0.2) is 9.13 Å². The minimum Gasteiger partial charge on any atom is -0.462 e. The second-order valence-electron chi connectivity index (χ2n) is 28.7. The Balaban J connectivity index is 2.94. The highest BCUT2D eigenvalue weighted by Gasteiger charge is 2.29. The summed E-state index contributed by atoms with van der Waals surface area (Å²) in [5.41, 5.74) is 0.285. The number of carbonyl (C=O) groups is 6. The number of unbranched alkanes of at least 4 members (excludes halogenated alkanes) is 26. The first-order chi connectivity index (χ1) is 52.2. The van der Waals surface area contributed by atoms with Gasteiger partial charge in [0.1, 0.15) is 12.2 Å². The summed E-state index contributed by atoms with van der Waals surface area (Å²) < 4.78 is 71.0. The summed E-state index contributed by atoms with van der Waals surface area (Å²) in [4.78, 5) is 101. The fraction of sp³-hybridized carbons (Fsp3) is 0.805. The van der Waals surface area contributed by atoms with Crippen LogP contribution in [0.2, 0.25) is 0 Å². The van der Waals surface area contributed by atoms with E-state index in [-0.39, 0.29) is 88.3 Å². The summed E-state index contributed by atoms with van der Waals surface area (Å²) in [7, 11) is -9.55. The summed E-state index contributed by atoms with van der Waals surface area (Å²) >= 11 is 0. The fourth-order valence-corrected chi connectivity index (χ4v) is 13.4. The molecule has 0 spiro atoms. The average Bonchev–Trinajstić information content (AvgIpc) is 0.896. The number of ether oxygens (including phenoxy) is 4. The van der Waals surface area contributed by atoms with Crippen LogP contribution < -0.4 is 21.3 Å². The van der Waals surface area contributed by atoms with Crippen molar-refractivity contribution in [2.45, 2.75) is 361 Å². The predicted molar refractivity (Wildman–Crippen MR) is 427 cm³/mol. The van der Waals surface area contributed by atoms with Gasteiger partial charge in [0.15, 0.2) is 0 Å². The van der Waals surface area contributed by atoms with E-state index in [1.165, 1.54) is 62.8 Å². The van der Waals surface area contributed by atoms with Gasteiger partial charge in [-0.05, 0) is 127 Å². The molecule has 0 heterocycles. The number of hydrogen-bond donors (Lipinski definition) is 8.